The predicted octanol–water partition coefficient (Wildman–Crippen LogP) is -2.10. The highest BCUT2D eigenvalue weighted by Gasteiger charge is 2.32. The molecule has 2 aromatic heterocycles. The molecule has 17 heteroatoms. The number of halogens is 1. The van der Waals surface area contributed by atoms with E-state index in [9.17, 15) is 26.3 Å². The first kappa shape index (κ1) is 23.6. The highest BCUT2D eigenvalue weighted by molar-refractivity contribution is 7.92. The Bertz CT molecular complexity index is 1350. The van der Waals surface area contributed by atoms with Gasteiger partial charge in [-0.15, -0.1) is 10.2 Å². The fourth-order valence-electron chi connectivity index (χ4n) is 2.75. The molecule has 32 heavy (non-hydrogen) atoms. The molecule has 3 rings (SSSR count). The van der Waals surface area contributed by atoms with E-state index in [1.54, 1.807) is 0 Å². The van der Waals surface area contributed by atoms with Gasteiger partial charge < -0.3 is 16.6 Å². The van der Waals surface area contributed by atoms with E-state index in [1.165, 1.54) is 6.07 Å². The molecule has 14 nitrogen and oxygen atoms in total. The summed E-state index contributed by atoms with van der Waals surface area (Å²) in [6.45, 7) is -0.734. The number of aliphatic hydroxyl groups excluding tert-OH is 1. The Kier molecular flexibility index (Phi) is 6.49. The Morgan fingerprint density at radius 3 is 2.53 bits per heavy atom. The van der Waals surface area contributed by atoms with Crippen LogP contribution in [-0.2, 0) is 20.0 Å². The lowest BCUT2D eigenvalue weighted by molar-refractivity contribution is 0.186. The summed E-state index contributed by atoms with van der Waals surface area (Å²) in [5, 5.41) is 27.8. The maximum Gasteiger partial charge on any atom is 0.242 e. The van der Waals surface area contributed by atoms with Gasteiger partial charge in [0.25, 0.3) is 0 Å². The average Bonchev–Trinajstić information content (AvgIpc) is 3.27. The van der Waals surface area contributed by atoms with Gasteiger partial charge in [-0.05, 0) is 22.9 Å². The number of rotatable bonds is 8. The number of anilines is 1. The second-order valence-electron chi connectivity index (χ2n) is 6.43. The third kappa shape index (κ3) is 4.71. The third-order valence-electron chi connectivity index (χ3n) is 4.23. The second kappa shape index (κ2) is 8.81. The molecule has 0 spiro atoms. The number of hydrogen-bond donors (Lipinski definition) is 6. The van der Waals surface area contributed by atoms with E-state index >= 15 is 0 Å². The molecule has 0 aliphatic heterocycles. The van der Waals surface area contributed by atoms with Gasteiger partial charge >= 0.3 is 0 Å². The number of nitrogens with two attached hydrogens (primary N) is 3. The van der Waals surface area contributed by atoms with Crippen LogP contribution in [0.2, 0.25) is 0 Å². The Morgan fingerprint density at radius 2 is 1.97 bits per heavy atom. The van der Waals surface area contributed by atoms with Crippen molar-refractivity contribution >= 4 is 25.9 Å². The van der Waals surface area contributed by atoms with Crippen LogP contribution in [0.4, 0.5) is 10.2 Å². The summed E-state index contributed by atoms with van der Waals surface area (Å²) in [5.41, 5.74) is 10.3. The molecule has 0 bridgehead atoms. The quantitative estimate of drug-likeness (QED) is 0.201. The highest BCUT2D eigenvalue weighted by Crippen LogP contribution is 2.38. The third-order valence-corrected chi connectivity index (χ3v) is 6.81. The first-order valence-electron chi connectivity index (χ1n) is 8.68. The number of aromatic amines is 1. The van der Waals surface area contributed by atoms with Gasteiger partial charge in [-0.1, -0.05) is 6.07 Å². The average molecular weight is 487 g/mol. The summed E-state index contributed by atoms with van der Waals surface area (Å²) >= 11 is 0. The van der Waals surface area contributed by atoms with Crippen molar-refractivity contribution < 1.29 is 26.3 Å². The van der Waals surface area contributed by atoms with Crippen molar-refractivity contribution in [3.05, 3.63) is 30.2 Å². The summed E-state index contributed by atoms with van der Waals surface area (Å²) in [6.07, 6.45) is -0.0728. The number of pyridine rings is 1. The summed E-state index contributed by atoms with van der Waals surface area (Å²) in [4.78, 5) is 2.06. The van der Waals surface area contributed by atoms with E-state index in [0.29, 0.717) is 0 Å². The molecular weight excluding hydrogens is 469 g/mol. The normalized spacial score (nSPS) is 13.2. The summed E-state index contributed by atoms with van der Waals surface area (Å²) < 4.78 is 66.9. The molecule has 0 fully saturated rings. The molecule has 1 aromatic carbocycles. The zero-order valence-electron chi connectivity index (χ0n) is 16.1. The molecule has 0 aliphatic rings. The Hall–Kier alpha value is -3.09. The van der Waals surface area contributed by atoms with Crippen molar-refractivity contribution in [3.8, 4) is 22.5 Å². The molecule has 0 saturated heterocycles. The topological polar surface area (TPSA) is 246 Å². The van der Waals surface area contributed by atoms with E-state index < -0.39 is 54.1 Å². The summed E-state index contributed by atoms with van der Waals surface area (Å²) in [6, 6.07) is 3.11. The smallest absolute Gasteiger partial charge is 0.242 e. The molecule has 3 aromatic rings. The molecular formula is C15H18FN9O5S2. The van der Waals surface area contributed by atoms with Crippen LogP contribution in [0.5, 0.6) is 0 Å². The first-order valence-corrected chi connectivity index (χ1v) is 11.7. The van der Waals surface area contributed by atoms with Gasteiger partial charge in [0.2, 0.25) is 25.9 Å². The molecule has 0 aliphatic carbocycles. The second-order valence-corrected chi connectivity index (χ2v) is 9.66. The Labute approximate surface area is 181 Å². The fourth-order valence-corrected chi connectivity index (χ4v) is 5.42. The molecule has 172 valence electrons. The van der Waals surface area contributed by atoms with Crippen molar-refractivity contribution in [1.29, 1.82) is 0 Å². The van der Waals surface area contributed by atoms with Crippen molar-refractivity contribution in [2.75, 3.05) is 18.8 Å². The monoisotopic (exact) mass is 487 g/mol. The van der Waals surface area contributed by atoms with Crippen molar-refractivity contribution in [2.24, 2.45) is 10.9 Å². The number of tetrazole rings is 1. The minimum Gasteiger partial charge on any atom is -0.390 e. The zero-order chi connectivity index (χ0) is 23.7. The van der Waals surface area contributed by atoms with Crippen LogP contribution in [0.25, 0.3) is 22.5 Å². The number of nitrogens with zero attached hydrogens (tertiary/aromatic N) is 4. The first-order chi connectivity index (χ1) is 15.0. The van der Waals surface area contributed by atoms with Crippen LogP contribution in [0.15, 0.2) is 34.2 Å². The molecule has 0 saturated carbocycles. The number of primary sulfonamides is 1. The van der Waals surface area contributed by atoms with Gasteiger partial charge in [-0.3, -0.25) is 0 Å². The zero-order valence-corrected chi connectivity index (χ0v) is 17.7. The minimum atomic E-state index is -4.73. The van der Waals surface area contributed by atoms with E-state index in [-0.39, 0.29) is 29.1 Å². The molecule has 9 N–H and O–H groups in total. The number of aliphatic hydroxyl groups is 1. The van der Waals surface area contributed by atoms with Gasteiger partial charge in [0.1, 0.15) is 9.79 Å². The van der Waals surface area contributed by atoms with Gasteiger partial charge in [-0.25, -0.2) is 36.1 Å². The van der Waals surface area contributed by atoms with Crippen LogP contribution < -0.4 is 21.3 Å². The lowest BCUT2D eigenvalue weighted by Gasteiger charge is -2.17. The minimum absolute atomic E-state index is 0.0113. The van der Waals surface area contributed by atoms with Crippen LogP contribution in [0.3, 0.4) is 0 Å². The standard InChI is InChI=1S/C15H18FN9O5S2/c16-10-3-7(5-20-14(10)18)9-1-2-11(32(29,30)21-6-8(26)4-17)13(31(19,27)28)12(9)15-22-24-25-23-15/h1-3,5,8,21,26H,4,6,17H2,(H2,18,20)(H2,19,27,28)(H,22,23,24,25). The van der Waals surface area contributed by atoms with Crippen molar-refractivity contribution in [2.45, 2.75) is 15.9 Å². The van der Waals surface area contributed by atoms with Crippen LogP contribution in [0.1, 0.15) is 0 Å². The highest BCUT2D eigenvalue weighted by atomic mass is 32.2. The van der Waals surface area contributed by atoms with Crippen LogP contribution >= 0.6 is 0 Å². The molecule has 0 radical (unpaired) electrons. The predicted molar refractivity (Wildman–Crippen MR) is 109 cm³/mol. The number of benzene rings is 1. The van der Waals surface area contributed by atoms with Crippen molar-refractivity contribution in [3.63, 3.8) is 0 Å². The Balaban J connectivity index is 2.35. The maximum absolute atomic E-state index is 14.0. The lowest BCUT2D eigenvalue weighted by Crippen LogP contribution is -2.36. The molecule has 0 amide bonds. The van der Waals surface area contributed by atoms with Gasteiger partial charge in [0.05, 0.1) is 11.7 Å². The number of nitrogen functional groups attached to an aromatic ring is 1. The fraction of sp³-hybridized carbons (Fsp3) is 0.200. The number of nitrogens with one attached hydrogen (secondary N) is 2. The SMILES string of the molecule is NCC(O)CNS(=O)(=O)c1ccc(-c2cnc(N)c(F)c2)c(-c2nn[nH]n2)c1S(N)(=O)=O. The lowest BCUT2D eigenvalue weighted by atomic mass is 10.0. The number of hydrogen-bond acceptors (Lipinski definition) is 11. The van der Waals surface area contributed by atoms with E-state index in [2.05, 4.69) is 30.3 Å². The van der Waals surface area contributed by atoms with E-state index in [4.69, 9.17) is 16.6 Å². The van der Waals surface area contributed by atoms with Gasteiger partial charge in [-0.2, -0.15) is 5.21 Å². The van der Waals surface area contributed by atoms with Crippen LogP contribution in [-0.4, -0.2) is 66.7 Å². The molecule has 1 unspecified atom stereocenters. The molecule has 2 heterocycles. The number of aromatic nitrogens is 5. The number of sulfonamides is 2. The molecule has 1 atom stereocenters. The van der Waals surface area contributed by atoms with E-state index in [1.807, 2.05) is 0 Å². The largest absolute Gasteiger partial charge is 0.390 e. The Morgan fingerprint density at radius 1 is 1.25 bits per heavy atom. The van der Waals surface area contributed by atoms with Crippen LogP contribution in [0, 0.1) is 5.82 Å². The van der Waals surface area contributed by atoms with Crippen molar-refractivity contribution in [1.82, 2.24) is 30.3 Å². The van der Waals surface area contributed by atoms with Gasteiger partial charge in [0, 0.05) is 24.8 Å². The summed E-state index contributed by atoms with van der Waals surface area (Å²) in [5.74, 6) is -1.63. The maximum atomic E-state index is 14.0. The van der Waals surface area contributed by atoms with E-state index in [0.717, 1.165) is 18.3 Å². The van der Waals surface area contributed by atoms with Gasteiger partial charge in [0.15, 0.2) is 11.6 Å². The number of H-pyrrole nitrogens is 1. The summed E-state index contributed by atoms with van der Waals surface area (Å²) in [7, 11) is -9.26.